The molecule has 0 spiro atoms. The maximum absolute atomic E-state index is 11.2. The normalized spacial score (nSPS) is 15.1. The minimum atomic E-state index is -0.523. The van der Waals surface area contributed by atoms with Crippen LogP contribution in [0.2, 0.25) is 0 Å². The molecule has 3 N–H and O–H groups in total. The number of aromatic amines is 1. The van der Waals surface area contributed by atoms with E-state index in [0.29, 0.717) is 0 Å². The average molecular weight is 432 g/mol. The highest BCUT2D eigenvalue weighted by atomic mass is 16.5. The van der Waals surface area contributed by atoms with Gasteiger partial charge in [0.25, 0.3) is 5.91 Å². The number of aromatic nitrogens is 1. The molecule has 0 bridgehead atoms. The van der Waals surface area contributed by atoms with Crippen LogP contribution in [0.4, 0.5) is 0 Å². The Morgan fingerprint density at radius 1 is 1.09 bits per heavy atom. The summed E-state index contributed by atoms with van der Waals surface area (Å²) in [5, 5.41) is 9.94. The lowest BCUT2D eigenvalue weighted by Crippen LogP contribution is -2.32. The summed E-state index contributed by atoms with van der Waals surface area (Å²) in [6.07, 6.45) is 13.0. The predicted octanol–water partition coefficient (Wildman–Crippen LogP) is 5.31. The van der Waals surface area contributed by atoms with E-state index in [1.807, 2.05) is 12.1 Å². The number of H-pyrrole nitrogens is 1. The van der Waals surface area contributed by atoms with Crippen molar-refractivity contribution in [1.29, 1.82) is 0 Å². The molecule has 1 heterocycles. The zero-order chi connectivity index (χ0) is 22.2. The fourth-order valence-electron chi connectivity index (χ4n) is 4.79. The van der Waals surface area contributed by atoms with Crippen LogP contribution in [0, 0.1) is 5.92 Å². The number of hydroxylamine groups is 1. The molecule has 1 aliphatic rings. The predicted molar refractivity (Wildman–Crippen MR) is 129 cm³/mol. The van der Waals surface area contributed by atoms with Crippen molar-refractivity contribution in [3.8, 4) is 0 Å². The Labute approximate surface area is 190 Å². The lowest BCUT2D eigenvalue weighted by Gasteiger charge is -2.30. The monoisotopic (exact) mass is 431 g/mol. The van der Waals surface area contributed by atoms with Gasteiger partial charge < -0.3 is 4.98 Å². The highest BCUT2D eigenvalue weighted by Crippen LogP contribution is 2.26. The third-order valence-corrected chi connectivity index (χ3v) is 6.54. The number of fused-ring (bicyclic) bond motifs is 1. The molecule has 1 amide bonds. The molecule has 3 aromatic rings. The van der Waals surface area contributed by atoms with Crippen LogP contribution in [-0.2, 0) is 17.8 Å². The van der Waals surface area contributed by atoms with Crippen molar-refractivity contribution in [2.75, 3.05) is 13.1 Å². The maximum atomic E-state index is 11.2. The van der Waals surface area contributed by atoms with Gasteiger partial charge in [0, 0.05) is 42.8 Å². The maximum Gasteiger partial charge on any atom is 0.267 e. The van der Waals surface area contributed by atoms with Crippen LogP contribution in [-0.4, -0.2) is 34.1 Å². The van der Waals surface area contributed by atoms with Gasteiger partial charge in [-0.25, -0.2) is 5.48 Å². The molecule has 1 aliphatic carbocycles. The smallest absolute Gasteiger partial charge is 0.267 e. The van der Waals surface area contributed by atoms with Crippen molar-refractivity contribution in [3.63, 3.8) is 0 Å². The number of carbonyl (C=O) groups is 1. The number of amides is 1. The zero-order valence-electron chi connectivity index (χ0n) is 18.6. The molecule has 32 heavy (non-hydrogen) atoms. The second-order valence-corrected chi connectivity index (χ2v) is 8.90. The van der Waals surface area contributed by atoms with E-state index in [0.717, 1.165) is 37.5 Å². The summed E-state index contributed by atoms with van der Waals surface area (Å²) in [7, 11) is 0. The molecule has 2 aromatic carbocycles. The summed E-state index contributed by atoms with van der Waals surface area (Å²) in [4.78, 5) is 17.2. The van der Waals surface area contributed by atoms with E-state index in [1.165, 1.54) is 60.2 Å². The van der Waals surface area contributed by atoms with E-state index >= 15 is 0 Å². The van der Waals surface area contributed by atoms with E-state index in [1.54, 1.807) is 11.6 Å². The molecule has 4 rings (SSSR count). The van der Waals surface area contributed by atoms with Crippen LogP contribution in [0.5, 0.6) is 0 Å². The van der Waals surface area contributed by atoms with Crippen LogP contribution in [0.15, 0.2) is 60.8 Å². The average Bonchev–Trinajstić information content (AvgIpc) is 3.25. The number of hydrogen-bond donors (Lipinski definition) is 3. The van der Waals surface area contributed by atoms with E-state index in [9.17, 15) is 4.79 Å². The van der Waals surface area contributed by atoms with Gasteiger partial charge >= 0.3 is 0 Å². The molecule has 0 unspecified atom stereocenters. The quantitative estimate of drug-likeness (QED) is 0.244. The Balaban J connectivity index is 1.42. The molecule has 0 atom stereocenters. The molecule has 5 nitrogen and oxygen atoms in total. The summed E-state index contributed by atoms with van der Waals surface area (Å²) in [5.74, 6) is 0.274. The minimum Gasteiger partial charge on any atom is -0.361 e. The van der Waals surface area contributed by atoms with Gasteiger partial charge in [-0.3, -0.25) is 14.9 Å². The highest BCUT2D eigenvalue weighted by Gasteiger charge is 2.18. The topological polar surface area (TPSA) is 68.4 Å². The number of para-hydroxylation sites is 1. The molecule has 5 heteroatoms. The van der Waals surface area contributed by atoms with Crippen LogP contribution < -0.4 is 5.48 Å². The van der Waals surface area contributed by atoms with Crippen LogP contribution in [0.3, 0.4) is 0 Å². The van der Waals surface area contributed by atoms with Gasteiger partial charge in [0.05, 0.1) is 0 Å². The fourth-order valence-corrected chi connectivity index (χ4v) is 4.79. The summed E-state index contributed by atoms with van der Waals surface area (Å²) in [5.41, 5.74) is 6.43. The number of benzene rings is 2. The summed E-state index contributed by atoms with van der Waals surface area (Å²) in [6, 6.07) is 16.8. The van der Waals surface area contributed by atoms with Gasteiger partial charge in [-0.15, -0.1) is 0 Å². The number of rotatable bonds is 9. The Bertz CT molecular complexity index is 1030. The van der Waals surface area contributed by atoms with Crippen LogP contribution in [0.1, 0.15) is 48.8 Å². The summed E-state index contributed by atoms with van der Waals surface area (Å²) in [6.45, 7) is 3.12. The Kier molecular flexibility index (Phi) is 7.75. The molecule has 1 saturated carbocycles. The molecule has 1 aromatic heterocycles. The third-order valence-electron chi connectivity index (χ3n) is 6.54. The first-order valence-corrected chi connectivity index (χ1v) is 11.7. The zero-order valence-corrected chi connectivity index (χ0v) is 18.6. The van der Waals surface area contributed by atoms with Crippen LogP contribution >= 0.6 is 0 Å². The Hall–Kier alpha value is -2.89. The van der Waals surface area contributed by atoms with Gasteiger partial charge in [0.1, 0.15) is 0 Å². The van der Waals surface area contributed by atoms with Gasteiger partial charge in [-0.05, 0) is 54.0 Å². The first-order valence-electron chi connectivity index (χ1n) is 11.7. The largest absolute Gasteiger partial charge is 0.361 e. The lowest BCUT2D eigenvalue weighted by molar-refractivity contribution is -0.124. The minimum absolute atomic E-state index is 0.523. The fraction of sp³-hybridized carbons (Fsp3) is 0.370. The Morgan fingerprint density at radius 2 is 1.88 bits per heavy atom. The number of nitrogens with zero attached hydrogens (tertiary/aromatic N) is 1. The number of carbonyl (C=O) groups excluding carboxylic acids is 1. The van der Waals surface area contributed by atoms with E-state index < -0.39 is 5.91 Å². The van der Waals surface area contributed by atoms with E-state index in [4.69, 9.17) is 5.21 Å². The van der Waals surface area contributed by atoms with Crippen molar-refractivity contribution >= 4 is 22.9 Å². The van der Waals surface area contributed by atoms with E-state index in [-0.39, 0.29) is 0 Å². The molecule has 0 aliphatic heterocycles. The molecule has 168 valence electrons. The van der Waals surface area contributed by atoms with Gasteiger partial charge in [0.2, 0.25) is 0 Å². The van der Waals surface area contributed by atoms with Crippen molar-refractivity contribution in [2.24, 2.45) is 5.92 Å². The Morgan fingerprint density at radius 3 is 2.66 bits per heavy atom. The molecule has 1 fully saturated rings. The van der Waals surface area contributed by atoms with Gasteiger partial charge in [-0.2, -0.15) is 0 Å². The van der Waals surface area contributed by atoms with Crippen molar-refractivity contribution in [2.45, 2.75) is 45.1 Å². The van der Waals surface area contributed by atoms with Crippen molar-refractivity contribution in [1.82, 2.24) is 15.4 Å². The lowest BCUT2D eigenvalue weighted by atomic mass is 9.88. The molecule has 0 saturated heterocycles. The van der Waals surface area contributed by atoms with Crippen LogP contribution in [0.25, 0.3) is 17.0 Å². The third kappa shape index (κ3) is 6.09. The van der Waals surface area contributed by atoms with Gasteiger partial charge in [-0.1, -0.05) is 61.7 Å². The van der Waals surface area contributed by atoms with E-state index in [2.05, 4.69) is 52.5 Å². The van der Waals surface area contributed by atoms with Crippen molar-refractivity contribution < 1.29 is 10.0 Å². The number of nitrogens with one attached hydrogen (secondary N) is 2. The summed E-state index contributed by atoms with van der Waals surface area (Å²) < 4.78 is 0. The first kappa shape index (κ1) is 22.3. The highest BCUT2D eigenvalue weighted by molar-refractivity contribution is 5.90. The number of hydrogen-bond acceptors (Lipinski definition) is 3. The van der Waals surface area contributed by atoms with Crippen molar-refractivity contribution in [3.05, 3.63) is 77.5 Å². The van der Waals surface area contributed by atoms with Gasteiger partial charge in [0.15, 0.2) is 0 Å². The standard InChI is InChI=1S/C27H33N3O2/c31-27(29-32)15-14-21-10-12-23(13-11-21)20-30(19-22-6-2-1-3-7-22)17-16-24-18-28-26-9-5-4-8-25(24)26/h4-5,8-15,18,22,28,32H,1-3,6-7,16-17,19-20H2,(H,29,31). The first-order chi connectivity index (χ1) is 15.7. The SMILES string of the molecule is O=C(C=Cc1ccc(CN(CCc2c[nH]c3ccccc23)CC2CCCCC2)cc1)NO. The summed E-state index contributed by atoms with van der Waals surface area (Å²) >= 11 is 0. The second kappa shape index (κ2) is 11.1. The molecular weight excluding hydrogens is 398 g/mol. The molecular formula is C27H33N3O2. The second-order valence-electron chi connectivity index (χ2n) is 8.90. The molecule has 0 radical (unpaired) electrons.